The Morgan fingerprint density at radius 1 is 1.11 bits per heavy atom. The topological polar surface area (TPSA) is 74.6 Å². The van der Waals surface area contributed by atoms with E-state index in [-0.39, 0.29) is 18.2 Å². The van der Waals surface area contributed by atoms with E-state index in [4.69, 9.17) is 4.42 Å². The van der Waals surface area contributed by atoms with Crippen molar-refractivity contribution in [1.29, 1.82) is 0 Å². The minimum atomic E-state index is -0.850. The SMILES string of the molecule is O=C(CNC(=O)c1cc(F)cc(F)c1)NCC(c1ccco1)N1CCCC1. The van der Waals surface area contributed by atoms with Crippen molar-refractivity contribution in [2.75, 3.05) is 26.2 Å². The van der Waals surface area contributed by atoms with Crippen LogP contribution in [-0.2, 0) is 4.79 Å². The fraction of sp³-hybridized carbons (Fsp3) is 0.368. The van der Waals surface area contributed by atoms with Gasteiger partial charge in [-0.25, -0.2) is 8.78 Å². The van der Waals surface area contributed by atoms with Gasteiger partial charge in [0, 0.05) is 18.2 Å². The number of likely N-dealkylation sites (tertiary alicyclic amines) is 1. The van der Waals surface area contributed by atoms with E-state index in [2.05, 4.69) is 15.5 Å². The first-order valence-corrected chi connectivity index (χ1v) is 8.81. The highest BCUT2D eigenvalue weighted by atomic mass is 19.1. The maximum atomic E-state index is 13.2. The standard InChI is InChI=1S/C19H21F2N3O3/c20-14-8-13(9-15(21)10-14)19(26)23-12-18(25)22-11-16(17-4-3-7-27-17)24-5-1-2-6-24/h3-4,7-10,16H,1-2,5-6,11-12H2,(H,22,25)(H,23,26). The average molecular weight is 377 g/mol. The second-order valence-corrected chi connectivity index (χ2v) is 6.42. The number of amides is 2. The van der Waals surface area contributed by atoms with Gasteiger partial charge in [-0.1, -0.05) is 0 Å². The van der Waals surface area contributed by atoms with Gasteiger partial charge in [0.2, 0.25) is 5.91 Å². The lowest BCUT2D eigenvalue weighted by Crippen LogP contribution is -2.41. The van der Waals surface area contributed by atoms with Crippen LogP contribution in [-0.4, -0.2) is 42.9 Å². The number of carbonyl (C=O) groups excluding carboxylic acids is 2. The third kappa shape index (κ3) is 5.13. The summed E-state index contributed by atoms with van der Waals surface area (Å²) in [5.41, 5.74) is -0.175. The summed E-state index contributed by atoms with van der Waals surface area (Å²) in [6.07, 6.45) is 3.80. The summed E-state index contributed by atoms with van der Waals surface area (Å²) in [4.78, 5) is 26.3. The van der Waals surface area contributed by atoms with E-state index in [1.807, 2.05) is 6.07 Å². The Morgan fingerprint density at radius 2 is 1.81 bits per heavy atom. The van der Waals surface area contributed by atoms with Gasteiger partial charge in [-0.3, -0.25) is 14.5 Å². The summed E-state index contributed by atoms with van der Waals surface area (Å²) in [6.45, 7) is 1.92. The van der Waals surface area contributed by atoms with Crippen molar-refractivity contribution >= 4 is 11.8 Å². The van der Waals surface area contributed by atoms with Crippen molar-refractivity contribution < 1.29 is 22.8 Å². The van der Waals surface area contributed by atoms with Gasteiger partial charge in [-0.15, -0.1) is 0 Å². The highest BCUT2D eigenvalue weighted by molar-refractivity contribution is 5.96. The van der Waals surface area contributed by atoms with Crippen LogP contribution >= 0.6 is 0 Å². The number of carbonyl (C=O) groups is 2. The van der Waals surface area contributed by atoms with Crippen molar-refractivity contribution in [3.8, 4) is 0 Å². The molecule has 2 N–H and O–H groups in total. The van der Waals surface area contributed by atoms with E-state index in [0.29, 0.717) is 12.6 Å². The van der Waals surface area contributed by atoms with Crippen LogP contribution in [0.25, 0.3) is 0 Å². The first kappa shape index (κ1) is 19.0. The molecule has 0 spiro atoms. The molecule has 1 saturated heterocycles. The highest BCUT2D eigenvalue weighted by Crippen LogP contribution is 2.24. The van der Waals surface area contributed by atoms with Crippen molar-refractivity contribution in [2.45, 2.75) is 18.9 Å². The Hall–Kier alpha value is -2.74. The molecule has 2 aromatic rings. The van der Waals surface area contributed by atoms with Gasteiger partial charge in [0.25, 0.3) is 5.91 Å². The predicted octanol–water partition coefficient (Wildman–Crippen LogP) is 2.24. The fourth-order valence-corrected chi connectivity index (χ4v) is 3.16. The highest BCUT2D eigenvalue weighted by Gasteiger charge is 2.25. The van der Waals surface area contributed by atoms with Crippen molar-refractivity contribution in [3.63, 3.8) is 0 Å². The molecule has 0 bridgehead atoms. The number of hydrogen-bond acceptors (Lipinski definition) is 4. The molecule has 1 unspecified atom stereocenters. The zero-order valence-electron chi connectivity index (χ0n) is 14.7. The Labute approximate surface area is 155 Å². The molecule has 2 heterocycles. The summed E-state index contributed by atoms with van der Waals surface area (Å²) in [5, 5.41) is 5.13. The van der Waals surface area contributed by atoms with Gasteiger partial charge < -0.3 is 15.1 Å². The number of furan rings is 1. The Balaban J connectivity index is 1.51. The van der Waals surface area contributed by atoms with Gasteiger partial charge in [0.1, 0.15) is 17.4 Å². The number of nitrogens with one attached hydrogen (secondary N) is 2. The molecule has 27 heavy (non-hydrogen) atoms. The number of benzene rings is 1. The van der Waals surface area contributed by atoms with Crippen LogP contribution in [0, 0.1) is 11.6 Å². The summed E-state index contributed by atoms with van der Waals surface area (Å²) in [6, 6.07) is 6.11. The molecule has 0 aliphatic carbocycles. The van der Waals surface area contributed by atoms with Crippen LogP contribution in [0.15, 0.2) is 41.0 Å². The van der Waals surface area contributed by atoms with Crippen LogP contribution in [0.2, 0.25) is 0 Å². The van der Waals surface area contributed by atoms with Gasteiger partial charge in [0.05, 0.1) is 18.8 Å². The molecule has 1 aromatic heterocycles. The van der Waals surface area contributed by atoms with Crippen molar-refractivity contribution in [1.82, 2.24) is 15.5 Å². The molecule has 1 aliphatic heterocycles. The molecular weight excluding hydrogens is 356 g/mol. The first-order chi connectivity index (χ1) is 13.0. The number of rotatable bonds is 7. The Morgan fingerprint density at radius 3 is 2.44 bits per heavy atom. The molecule has 2 amide bonds. The Bertz CT molecular complexity index is 769. The number of nitrogens with zero attached hydrogens (tertiary/aromatic N) is 1. The fourth-order valence-electron chi connectivity index (χ4n) is 3.16. The normalized spacial score (nSPS) is 15.5. The van der Waals surface area contributed by atoms with E-state index in [9.17, 15) is 18.4 Å². The van der Waals surface area contributed by atoms with E-state index in [1.54, 1.807) is 12.3 Å². The quantitative estimate of drug-likeness (QED) is 0.776. The third-order valence-corrected chi connectivity index (χ3v) is 4.48. The minimum absolute atomic E-state index is 0.0699. The number of halogens is 2. The van der Waals surface area contributed by atoms with Gasteiger partial charge in [-0.05, 0) is 50.2 Å². The lowest BCUT2D eigenvalue weighted by atomic mass is 10.2. The molecule has 0 saturated carbocycles. The van der Waals surface area contributed by atoms with E-state index < -0.39 is 23.4 Å². The molecule has 1 atom stereocenters. The molecule has 8 heteroatoms. The van der Waals surface area contributed by atoms with Crippen LogP contribution < -0.4 is 10.6 Å². The van der Waals surface area contributed by atoms with Gasteiger partial charge in [-0.2, -0.15) is 0 Å². The average Bonchev–Trinajstić information content (AvgIpc) is 3.33. The second-order valence-electron chi connectivity index (χ2n) is 6.42. The molecule has 1 aliphatic rings. The monoisotopic (exact) mass is 377 g/mol. The molecular formula is C19H21F2N3O3. The second kappa shape index (κ2) is 8.77. The number of hydrogen-bond donors (Lipinski definition) is 2. The van der Waals surface area contributed by atoms with Crippen LogP contribution in [0.3, 0.4) is 0 Å². The largest absolute Gasteiger partial charge is 0.468 e. The van der Waals surface area contributed by atoms with E-state index in [0.717, 1.165) is 43.8 Å². The molecule has 144 valence electrons. The first-order valence-electron chi connectivity index (χ1n) is 8.81. The lowest BCUT2D eigenvalue weighted by Gasteiger charge is -2.26. The molecule has 6 nitrogen and oxygen atoms in total. The van der Waals surface area contributed by atoms with E-state index >= 15 is 0 Å². The minimum Gasteiger partial charge on any atom is -0.468 e. The molecule has 1 fully saturated rings. The van der Waals surface area contributed by atoms with Crippen molar-refractivity contribution in [2.24, 2.45) is 0 Å². The summed E-state index contributed by atoms with van der Waals surface area (Å²) < 4.78 is 31.8. The molecule has 1 aromatic carbocycles. The van der Waals surface area contributed by atoms with E-state index in [1.165, 1.54) is 0 Å². The maximum absolute atomic E-state index is 13.2. The van der Waals surface area contributed by atoms with Crippen LogP contribution in [0.4, 0.5) is 8.78 Å². The lowest BCUT2D eigenvalue weighted by molar-refractivity contribution is -0.120. The van der Waals surface area contributed by atoms with Crippen LogP contribution in [0.1, 0.15) is 35.0 Å². The van der Waals surface area contributed by atoms with Crippen molar-refractivity contribution in [3.05, 3.63) is 59.6 Å². The van der Waals surface area contributed by atoms with Crippen LogP contribution in [0.5, 0.6) is 0 Å². The van der Waals surface area contributed by atoms with Gasteiger partial charge >= 0.3 is 0 Å². The Kier molecular flexibility index (Phi) is 6.18. The zero-order chi connectivity index (χ0) is 19.2. The predicted molar refractivity (Wildman–Crippen MR) is 94.0 cm³/mol. The smallest absolute Gasteiger partial charge is 0.251 e. The van der Waals surface area contributed by atoms with Gasteiger partial charge in [0.15, 0.2) is 0 Å². The third-order valence-electron chi connectivity index (χ3n) is 4.48. The molecule has 3 rings (SSSR count). The maximum Gasteiger partial charge on any atom is 0.251 e. The summed E-state index contributed by atoms with van der Waals surface area (Å²) >= 11 is 0. The summed E-state index contributed by atoms with van der Waals surface area (Å²) in [5.74, 6) is -2.04. The zero-order valence-corrected chi connectivity index (χ0v) is 14.7. The summed E-state index contributed by atoms with van der Waals surface area (Å²) in [7, 11) is 0. The molecule has 0 radical (unpaired) electrons.